The van der Waals surface area contributed by atoms with E-state index in [4.69, 9.17) is 16.0 Å². The molecule has 29 heavy (non-hydrogen) atoms. The van der Waals surface area contributed by atoms with Crippen LogP contribution >= 0.6 is 11.6 Å². The SMILES string of the molecule is Cc1ccc(C)c(CC(=O)N/N=C\c2ccc(-c3ccc(Cl)c([N+](=O)[O-])c3)o2)c1. The van der Waals surface area contributed by atoms with Gasteiger partial charge in [-0.2, -0.15) is 5.10 Å². The number of nitrogens with zero attached hydrogens (tertiary/aromatic N) is 2. The molecule has 0 saturated heterocycles. The number of halogens is 1. The first-order chi connectivity index (χ1) is 13.8. The lowest BCUT2D eigenvalue weighted by Gasteiger charge is -2.05. The van der Waals surface area contributed by atoms with Gasteiger partial charge in [0.1, 0.15) is 16.5 Å². The standard InChI is InChI=1S/C21H18ClN3O4/c1-13-3-4-14(2)16(9-13)11-21(26)24-23-12-17-6-8-20(29-17)15-5-7-18(22)19(10-15)25(27)28/h3-10,12H,11H2,1-2H3,(H,24,26)/b23-12-. The monoisotopic (exact) mass is 411 g/mol. The molecule has 8 heteroatoms. The highest BCUT2D eigenvalue weighted by Gasteiger charge is 2.15. The van der Waals surface area contributed by atoms with Crippen molar-refractivity contribution in [1.29, 1.82) is 0 Å². The van der Waals surface area contributed by atoms with Crippen molar-refractivity contribution >= 4 is 29.4 Å². The topological polar surface area (TPSA) is 97.7 Å². The summed E-state index contributed by atoms with van der Waals surface area (Å²) in [7, 11) is 0. The summed E-state index contributed by atoms with van der Waals surface area (Å²) in [6.07, 6.45) is 1.59. The Morgan fingerprint density at radius 1 is 1.21 bits per heavy atom. The van der Waals surface area contributed by atoms with Crippen molar-refractivity contribution in [3.8, 4) is 11.3 Å². The zero-order chi connectivity index (χ0) is 21.0. The second kappa shape index (κ2) is 8.70. The van der Waals surface area contributed by atoms with E-state index in [0.717, 1.165) is 16.7 Å². The maximum Gasteiger partial charge on any atom is 0.288 e. The molecule has 0 unspecified atom stereocenters. The molecule has 0 fully saturated rings. The van der Waals surface area contributed by atoms with Crippen LogP contribution in [0.1, 0.15) is 22.5 Å². The number of carbonyl (C=O) groups is 1. The third-order valence-corrected chi connectivity index (χ3v) is 4.61. The van der Waals surface area contributed by atoms with Crippen molar-refractivity contribution in [2.45, 2.75) is 20.3 Å². The molecule has 7 nitrogen and oxygen atoms in total. The summed E-state index contributed by atoms with van der Waals surface area (Å²) in [6, 6.07) is 13.7. The first-order valence-electron chi connectivity index (χ1n) is 8.75. The summed E-state index contributed by atoms with van der Waals surface area (Å²) in [4.78, 5) is 22.6. The molecular formula is C21H18ClN3O4. The predicted molar refractivity (Wildman–Crippen MR) is 111 cm³/mol. The van der Waals surface area contributed by atoms with Crippen LogP contribution in [0.5, 0.6) is 0 Å². The van der Waals surface area contributed by atoms with Gasteiger partial charge in [-0.25, -0.2) is 5.43 Å². The summed E-state index contributed by atoms with van der Waals surface area (Å²) in [5.41, 5.74) is 5.87. The van der Waals surface area contributed by atoms with Gasteiger partial charge < -0.3 is 4.42 Å². The molecule has 0 spiro atoms. The minimum absolute atomic E-state index is 0.0543. The number of benzene rings is 2. The van der Waals surface area contributed by atoms with E-state index >= 15 is 0 Å². The predicted octanol–water partition coefficient (Wildman–Crippen LogP) is 4.82. The van der Waals surface area contributed by atoms with Crippen molar-refractivity contribution < 1.29 is 14.1 Å². The van der Waals surface area contributed by atoms with E-state index in [9.17, 15) is 14.9 Å². The fourth-order valence-electron chi connectivity index (χ4n) is 2.75. The van der Waals surface area contributed by atoms with Gasteiger partial charge in [0, 0.05) is 11.6 Å². The van der Waals surface area contributed by atoms with Gasteiger partial charge in [-0.1, -0.05) is 35.4 Å². The van der Waals surface area contributed by atoms with Crippen LogP contribution < -0.4 is 5.43 Å². The highest BCUT2D eigenvalue weighted by atomic mass is 35.5. The zero-order valence-corrected chi connectivity index (χ0v) is 16.6. The number of amides is 1. The molecule has 0 saturated carbocycles. The summed E-state index contributed by atoms with van der Waals surface area (Å²) >= 11 is 5.82. The summed E-state index contributed by atoms with van der Waals surface area (Å²) < 4.78 is 5.61. The van der Waals surface area contributed by atoms with Gasteiger partial charge in [0.05, 0.1) is 17.6 Å². The molecule has 0 radical (unpaired) electrons. The maximum atomic E-state index is 12.1. The number of nitro groups is 1. The van der Waals surface area contributed by atoms with Gasteiger partial charge in [0.25, 0.3) is 5.69 Å². The van der Waals surface area contributed by atoms with E-state index < -0.39 is 4.92 Å². The average Bonchev–Trinajstić information content (AvgIpc) is 3.14. The Bertz CT molecular complexity index is 1110. The number of rotatable bonds is 6. The van der Waals surface area contributed by atoms with E-state index in [0.29, 0.717) is 17.1 Å². The molecule has 1 aromatic heterocycles. The number of furan rings is 1. The number of carbonyl (C=O) groups excluding carboxylic acids is 1. The van der Waals surface area contributed by atoms with Crippen molar-refractivity contribution in [1.82, 2.24) is 5.43 Å². The van der Waals surface area contributed by atoms with Gasteiger partial charge in [0.2, 0.25) is 5.91 Å². The van der Waals surface area contributed by atoms with Crippen molar-refractivity contribution in [3.05, 3.63) is 86.1 Å². The first-order valence-corrected chi connectivity index (χ1v) is 9.13. The Hall–Kier alpha value is -3.45. The Morgan fingerprint density at radius 3 is 2.76 bits per heavy atom. The highest BCUT2D eigenvalue weighted by Crippen LogP contribution is 2.31. The Labute approximate surface area is 172 Å². The average molecular weight is 412 g/mol. The van der Waals surface area contributed by atoms with Gasteiger partial charge in [-0.15, -0.1) is 0 Å². The number of aryl methyl sites for hydroxylation is 2. The second-order valence-electron chi connectivity index (χ2n) is 6.53. The summed E-state index contributed by atoms with van der Waals surface area (Å²) in [6.45, 7) is 3.93. The quantitative estimate of drug-likeness (QED) is 0.357. The lowest BCUT2D eigenvalue weighted by molar-refractivity contribution is -0.384. The number of nitrogens with one attached hydrogen (secondary N) is 1. The van der Waals surface area contributed by atoms with Crippen LogP contribution in [0, 0.1) is 24.0 Å². The van der Waals surface area contributed by atoms with Crippen molar-refractivity contribution in [2.75, 3.05) is 0 Å². The first kappa shape index (κ1) is 20.3. The van der Waals surface area contributed by atoms with Crippen LogP contribution in [0.15, 0.2) is 58.0 Å². The van der Waals surface area contributed by atoms with Crippen LogP contribution in [0.25, 0.3) is 11.3 Å². The molecule has 3 rings (SSSR count). The van der Waals surface area contributed by atoms with Gasteiger partial charge in [-0.05, 0) is 49.2 Å². The molecule has 0 atom stereocenters. The third-order valence-electron chi connectivity index (χ3n) is 4.29. The molecule has 1 heterocycles. The molecule has 2 aromatic carbocycles. The molecule has 1 N–H and O–H groups in total. The van der Waals surface area contributed by atoms with Crippen LogP contribution in [0.3, 0.4) is 0 Å². The van der Waals surface area contributed by atoms with Crippen molar-refractivity contribution in [2.24, 2.45) is 5.10 Å². The number of hydrogen-bond acceptors (Lipinski definition) is 5. The number of nitro benzene ring substituents is 1. The molecule has 0 bridgehead atoms. The summed E-state index contributed by atoms with van der Waals surface area (Å²) in [5, 5.41) is 15.0. The second-order valence-corrected chi connectivity index (χ2v) is 6.93. The Kier molecular flexibility index (Phi) is 6.09. The smallest absolute Gasteiger partial charge is 0.288 e. The molecular weight excluding hydrogens is 394 g/mol. The lowest BCUT2D eigenvalue weighted by Crippen LogP contribution is -2.20. The minimum atomic E-state index is -0.553. The normalized spacial score (nSPS) is 11.0. The number of hydrogen-bond donors (Lipinski definition) is 1. The lowest BCUT2D eigenvalue weighted by atomic mass is 10.0. The van der Waals surface area contributed by atoms with Crippen LogP contribution in [0.2, 0.25) is 5.02 Å². The van der Waals surface area contributed by atoms with E-state index in [1.54, 1.807) is 18.2 Å². The molecule has 0 aliphatic heterocycles. The number of hydrazone groups is 1. The van der Waals surface area contributed by atoms with Crippen LogP contribution in [-0.2, 0) is 11.2 Å². The van der Waals surface area contributed by atoms with Crippen LogP contribution in [0.4, 0.5) is 5.69 Å². The van der Waals surface area contributed by atoms with Crippen LogP contribution in [-0.4, -0.2) is 17.0 Å². The van der Waals surface area contributed by atoms with Gasteiger partial charge in [0.15, 0.2) is 0 Å². The van der Waals surface area contributed by atoms with Crippen molar-refractivity contribution in [3.63, 3.8) is 0 Å². The largest absolute Gasteiger partial charge is 0.455 e. The maximum absolute atomic E-state index is 12.1. The Balaban J connectivity index is 1.65. The highest BCUT2D eigenvalue weighted by molar-refractivity contribution is 6.32. The minimum Gasteiger partial charge on any atom is -0.455 e. The van der Waals surface area contributed by atoms with Gasteiger partial charge in [-0.3, -0.25) is 14.9 Å². The summed E-state index contributed by atoms with van der Waals surface area (Å²) in [5.74, 6) is 0.577. The third kappa shape index (κ3) is 5.08. The van der Waals surface area contributed by atoms with E-state index in [1.807, 2.05) is 32.0 Å². The fraction of sp³-hybridized carbons (Fsp3) is 0.143. The molecule has 0 aliphatic carbocycles. The molecule has 3 aromatic rings. The van der Waals surface area contributed by atoms with E-state index in [1.165, 1.54) is 18.3 Å². The molecule has 148 valence electrons. The molecule has 1 amide bonds. The molecule has 0 aliphatic rings. The zero-order valence-electron chi connectivity index (χ0n) is 15.8. The van der Waals surface area contributed by atoms with E-state index in [-0.39, 0.29) is 23.0 Å². The van der Waals surface area contributed by atoms with E-state index in [2.05, 4.69) is 10.5 Å². The fourth-order valence-corrected chi connectivity index (χ4v) is 2.94. The van der Waals surface area contributed by atoms with Gasteiger partial charge >= 0.3 is 0 Å². The Morgan fingerprint density at radius 2 is 2.00 bits per heavy atom.